The summed E-state index contributed by atoms with van der Waals surface area (Å²) >= 11 is 0. The predicted molar refractivity (Wildman–Crippen MR) is 115 cm³/mol. The van der Waals surface area contributed by atoms with E-state index in [9.17, 15) is 9.18 Å². The van der Waals surface area contributed by atoms with Gasteiger partial charge in [0.2, 0.25) is 0 Å². The SMILES string of the molecule is Cc1nc2cc(C(=O)N(C)C)cc(OCc3ccc(F)cc3)c2n1CCn1cccn1. The zero-order valence-electron chi connectivity index (χ0n) is 17.7. The van der Waals surface area contributed by atoms with E-state index in [0.29, 0.717) is 29.9 Å². The van der Waals surface area contributed by atoms with Crippen molar-refractivity contribution < 1.29 is 13.9 Å². The van der Waals surface area contributed by atoms with Gasteiger partial charge in [0.15, 0.2) is 0 Å². The van der Waals surface area contributed by atoms with Gasteiger partial charge >= 0.3 is 0 Å². The standard InChI is InChI=1S/C23H24FN5O2/c1-16-26-20-13-18(23(30)27(2)3)14-21(31-15-17-5-7-19(24)8-6-17)22(20)29(16)12-11-28-10-4-9-25-28/h4-10,13-14H,11-12,15H2,1-3H3. The summed E-state index contributed by atoms with van der Waals surface area (Å²) in [6, 6.07) is 11.6. The molecule has 4 rings (SSSR count). The summed E-state index contributed by atoms with van der Waals surface area (Å²) in [5.41, 5.74) is 2.85. The number of amides is 1. The molecule has 0 spiro atoms. The number of fused-ring (bicyclic) bond motifs is 1. The number of aromatic nitrogens is 4. The highest BCUT2D eigenvalue weighted by Gasteiger charge is 2.18. The Morgan fingerprint density at radius 1 is 1.16 bits per heavy atom. The first-order valence-corrected chi connectivity index (χ1v) is 9.99. The molecule has 31 heavy (non-hydrogen) atoms. The third kappa shape index (κ3) is 4.42. The summed E-state index contributed by atoms with van der Waals surface area (Å²) in [4.78, 5) is 18.8. The maximum absolute atomic E-state index is 13.2. The molecule has 8 heteroatoms. The molecule has 0 aliphatic carbocycles. The highest BCUT2D eigenvalue weighted by molar-refractivity contribution is 5.99. The van der Waals surface area contributed by atoms with Crippen LogP contribution < -0.4 is 4.74 Å². The van der Waals surface area contributed by atoms with Gasteiger partial charge in [-0.25, -0.2) is 9.37 Å². The zero-order valence-corrected chi connectivity index (χ0v) is 17.7. The molecule has 0 fully saturated rings. The average molecular weight is 421 g/mol. The second-order valence-electron chi connectivity index (χ2n) is 7.54. The molecule has 4 aromatic rings. The molecule has 2 aromatic heterocycles. The third-order valence-corrected chi connectivity index (χ3v) is 5.07. The highest BCUT2D eigenvalue weighted by atomic mass is 19.1. The van der Waals surface area contributed by atoms with E-state index < -0.39 is 0 Å². The summed E-state index contributed by atoms with van der Waals surface area (Å²) in [6.45, 7) is 3.51. The van der Waals surface area contributed by atoms with Crippen LogP contribution in [0.25, 0.3) is 11.0 Å². The van der Waals surface area contributed by atoms with Crippen molar-refractivity contribution in [1.29, 1.82) is 0 Å². The fourth-order valence-electron chi connectivity index (χ4n) is 3.49. The monoisotopic (exact) mass is 421 g/mol. The van der Waals surface area contributed by atoms with Crippen LogP contribution in [0.5, 0.6) is 5.75 Å². The minimum atomic E-state index is -0.294. The molecule has 2 aromatic carbocycles. The van der Waals surface area contributed by atoms with Gasteiger partial charge in [-0.15, -0.1) is 0 Å². The molecule has 0 saturated carbocycles. The fourth-order valence-corrected chi connectivity index (χ4v) is 3.49. The molecule has 160 valence electrons. The fraction of sp³-hybridized carbons (Fsp3) is 0.261. The highest BCUT2D eigenvalue weighted by Crippen LogP contribution is 2.30. The first kappa shape index (κ1) is 20.6. The zero-order chi connectivity index (χ0) is 22.0. The predicted octanol–water partition coefficient (Wildman–Crippen LogP) is 3.66. The van der Waals surface area contributed by atoms with Crippen molar-refractivity contribution in [3.8, 4) is 5.75 Å². The number of rotatable bonds is 7. The average Bonchev–Trinajstić information content (AvgIpc) is 3.38. The Morgan fingerprint density at radius 2 is 1.94 bits per heavy atom. The van der Waals surface area contributed by atoms with Crippen molar-refractivity contribution in [3.63, 3.8) is 0 Å². The van der Waals surface area contributed by atoms with Gasteiger partial charge in [-0.2, -0.15) is 5.10 Å². The van der Waals surface area contributed by atoms with E-state index in [4.69, 9.17) is 4.74 Å². The van der Waals surface area contributed by atoms with Crippen LogP contribution in [-0.4, -0.2) is 44.2 Å². The minimum absolute atomic E-state index is 0.128. The third-order valence-electron chi connectivity index (χ3n) is 5.07. The molecule has 0 aliphatic rings. The van der Waals surface area contributed by atoms with Gasteiger partial charge in [0.05, 0.1) is 12.1 Å². The smallest absolute Gasteiger partial charge is 0.253 e. The molecule has 0 N–H and O–H groups in total. The summed E-state index contributed by atoms with van der Waals surface area (Å²) in [7, 11) is 3.42. The van der Waals surface area contributed by atoms with E-state index in [0.717, 1.165) is 16.9 Å². The van der Waals surface area contributed by atoms with Crippen LogP contribution in [0.3, 0.4) is 0 Å². The van der Waals surface area contributed by atoms with Crippen molar-refractivity contribution >= 4 is 16.9 Å². The lowest BCUT2D eigenvalue weighted by atomic mass is 10.1. The molecule has 0 radical (unpaired) electrons. The molecule has 0 aliphatic heterocycles. The molecule has 2 heterocycles. The van der Waals surface area contributed by atoms with Gasteiger partial charge in [-0.3, -0.25) is 9.48 Å². The van der Waals surface area contributed by atoms with E-state index in [-0.39, 0.29) is 18.3 Å². The Labute approximate surface area is 179 Å². The van der Waals surface area contributed by atoms with Crippen LogP contribution in [0.1, 0.15) is 21.7 Å². The van der Waals surface area contributed by atoms with Crippen LogP contribution in [0, 0.1) is 12.7 Å². The van der Waals surface area contributed by atoms with Gasteiger partial charge < -0.3 is 14.2 Å². The van der Waals surface area contributed by atoms with Crippen molar-refractivity contribution in [2.75, 3.05) is 14.1 Å². The minimum Gasteiger partial charge on any atom is -0.487 e. The van der Waals surface area contributed by atoms with Crippen molar-refractivity contribution in [1.82, 2.24) is 24.2 Å². The number of nitrogens with zero attached hydrogens (tertiary/aromatic N) is 5. The van der Waals surface area contributed by atoms with E-state index >= 15 is 0 Å². The molecule has 0 bridgehead atoms. The molecule has 7 nitrogen and oxygen atoms in total. The first-order valence-electron chi connectivity index (χ1n) is 9.99. The van der Waals surface area contributed by atoms with Crippen LogP contribution in [0.4, 0.5) is 4.39 Å². The van der Waals surface area contributed by atoms with Crippen molar-refractivity contribution in [3.05, 3.63) is 77.6 Å². The topological polar surface area (TPSA) is 65.2 Å². The number of carbonyl (C=O) groups is 1. The number of carbonyl (C=O) groups excluding carboxylic acids is 1. The lowest BCUT2D eigenvalue weighted by molar-refractivity contribution is 0.0827. The van der Waals surface area contributed by atoms with E-state index in [2.05, 4.69) is 14.6 Å². The number of ether oxygens (including phenoxy) is 1. The Hall–Kier alpha value is -3.68. The molecular weight excluding hydrogens is 397 g/mol. The van der Waals surface area contributed by atoms with E-state index in [1.165, 1.54) is 17.0 Å². The van der Waals surface area contributed by atoms with Gasteiger partial charge in [-0.05, 0) is 42.8 Å². The van der Waals surface area contributed by atoms with Gasteiger partial charge in [-0.1, -0.05) is 12.1 Å². The number of imidazole rings is 1. The summed E-state index contributed by atoms with van der Waals surface area (Å²) < 4.78 is 23.3. The largest absolute Gasteiger partial charge is 0.487 e. The Balaban J connectivity index is 1.72. The van der Waals surface area contributed by atoms with Crippen molar-refractivity contribution in [2.45, 2.75) is 26.6 Å². The molecule has 0 unspecified atom stereocenters. The van der Waals surface area contributed by atoms with Crippen molar-refractivity contribution in [2.24, 2.45) is 0 Å². The Bertz CT molecular complexity index is 1200. The summed E-state index contributed by atoms with van der Waals surface area (Å²) in [5, 5.41) is 4.26. The van der Waals surface area contributed by atoms with Gasteiger partial charge in [0, 0.05) is 38.6 Å². The van der Waals surface area contributed by atoms with Crippen LogP contribution >= 0.6 is 0 Å². The van der Waals surface area contributed by atoms with Crippen LogP contribution in [0.15, 0.2) is 54.9 Å². The molecule has 0 atom stereocenters. The molecular formula is C23H24FN5O2. The van der Waals surface area contributed by atoms with Gasteiger partial charge in [0.25, 0.3) is 5.91 Å². The summed E-state index contributed by atoms with van der Waals surface area (Å²) in [5.74, 6) is 0.964. The first-order chi connectivity index (χ1) is 14.9. The second-order valence-corrected chi connectivity index (χ2v) is 7.54. The number of hydrogen-bond acceptors (Lipinski definition) is 4. The number of hydrogen-bond donors (Lipinski definition) is 0. The lowest BCUT2D eigenvalue weighted by Crippen LogP contribution is -2.21. The van der Waals surface area contributed by atoms with Crippen LogP contribution in [0.2, 0.25) is 0 Å². The maximum Gasteiger partial charge on any atom is 0.253 e. The Morgan fingerprint density at radius 3 is 2.61 bits per heavy atom. The number of aryl methyl sites for hydroxylation is 3. The van der Waals surface area contributed by atoms with E-state index in [1.54, 1.807) is 44.6 Å². The normalized spacial score (nSPS) is 11.1. The molecule has 0 saturated heterocycles. The number of halogens is 1. The second kappa shape index (κ2) is 8.59. The van der Waals surface area contributed by atoms with Crippen LogP contribution in [-0.2, 0) is 19.7 Å². The quantitative estimate of drug-likeness (QED) is 0.457. The Kier molecular flexibility index (Phi) is 5.70. The summed E-state index contributed by atoms with van der Waals surface area (Å²) in [6.07, 6.45) is 3.66. The van der Waals surface area contributed by atoms with E-state index in [1.807, 2.05) is 23.9 Å². The molecule has 1 amide bonds. The lowest BCUT2D eigenvalue weighted by Gasteiger charge is -2.15. The maximum atomic E-state index is 13.2. The van der Waals surface area contributed by atoms with Gasteiger partial charge in [0.1, 0.15) is 29.5 Å². The number of benzene rings is 2.